The Labute approximate surface area is 92.5 Å². The molecule has 1 aromatic carbocycles. The molecule has 0 aliphatic heterocycles. The molecule has 0 saturated carbocycles. The molecule has 0 fully saturated rings. The lowest BCUT2D eigenvalue weighted by molar-refractivity contribution is -0.119. The highest BCUT2D eigenvalue weighted by molar-refractivity contribution is 5.87. The van der Waals surface area contributed by atoms with Crippen LogP contribution in [0.5, 0.6) is 0 Å². The first-order valence-electron chi connectivity index (χ1n) is 4.55. The first-order chi connectivity index (χ1) is 7.63. The van der Waals surface area contributed by atoms with Crippen molar-refractivity contribution >= 4 is 11.9 Å². The van der Waals surface area contributed by atoms with Crippen LogP contribution in [0.15, 0.2) is 24.3 Å². The highest BCUT2D eigenvalue weighted by Gasteiger charge is 2.04. The third kappa shape index (κ3) is 3.42. The van der Waals surface area contributed by atoms with Gasteiger partial charge in [-0.1, -0.05) is 12.1 Å². The number of carbonyl (C=O) groups excluding carboxylic acids is 1. The topological polar surface area (TPSA) is 70.8 Å². The highest BCUT2D eigenvalue weighted by atomic mass is 16.4. The molecule has 0 aliphatic carbocycles. The molecule has 0 aromatic heterocycles. The number of carboxylic acid groups (broad SMARTS) is 1. The second kappa shape index (κ2) is 5.51. The molecule has 1 amide bonds. The summed E-state index contributed by atoms with van der Waals surface area (Å²) in [5, 5.41) is 11.2. The standard InChI is InChI=1S/C11H10N2O3/c1-12-7-10(14)13-6-8-2-4-9(5-3-8)11(15)16/h2-5H,6-7H2,(H,13,14)(H,15,16). The van der Waals surface area contributed by atoms with Crippen molar-refractivity contribution in [2.75, 3.05) is 6.54 Å². The molecule has 0 saturated heterocycles. The Morgan fingerprint density at radius 3 is 2.44 bits per heavy atom. The van der Waals surface area contributed by atoms with Gasteiger partial charge in [0.2, 0.25) is 0 Å². The molecular weight excluding hydrogens is 208 g/mol. The molecule has 0 aliphatic rings. The minimum absolute atomic E-state index is 0.187. The number of nitrogens with zero attached hydrogens (tertiary/aromatic N) is 1. The van der Waals surface area contributed by atoms with Crippen molar-refractivity contribution in [2.45, 2.75) is 6.54 Å². The van der Waals surface area contributed by atoms with Crippen molar-refractivity contribution in [3.63, 3.8) is 0 Å². The summed E-state index contributed by atoms with van der Waals surface area (Å²) in [4.78, 5) is 24.5. The molecule has 0 spiro atoms. The molecule has 16 heavy (non-hydrogen) atoms. The first kappa shape index (κ1) is 11.7. The number of carboxylic acids is 1. The minimum atomic E-state index is -0.983. The predicted octanol–water partition coefficient (Wildman–Crippen LogP) is 0.920. The zero-order chi connectivity index (χ0) is 12.0. The molecule has 0 heterocycles. The van der Waals surface area contributed by atoms with Gasteiger partial charge in [-0.05, 0) is 17.7 Å². The summed E-state index contributed by atoms with van der Waals surface area (Å²) >= 11 is 0. The van der Waals surface area contributed by atoms with Crippen LogP contribution in [-0.4, -0.2) is 23.5 Å². The molecule has 0 atom stereocenters. The van der Waals surface area contributed by atoms with Crippen LogP contribution in [0.25, 0.3) is 4.85 Å². The van der Waals surface area contributed by atoms with E-state index in [9.17, 15) is 9.59 Å². The molecule has 5 nitrogen and oxygen atoms in total. The fourth-order valence-corrected chi connectivity index (χ4v) is 1.09. The Balaban J connectivity index is 2.53. The maximum atomic E-state index is 11.0. The van der Waals surface area contributed by atoms with Crippen molar-refractivity contribution in [3.8, 4) is 0 Å². The fraction of sp³-hybridized carbons (Fsp3) is 0.182. The van der Waals surface area contributed by atoms with Crippen molar-refractivity contribution in [3.05, 3.63) is 46.8 Å². The quantitative estimate of drug-likeness (QED) is 0.738. The lowest BCUT2D eigenvalue weighted by Crippen LogP contribution is -2.24. The van der Waals surface area contributed by atoms with Gasteiger partial charge >= 0.3 is 5.97 Å². The largest absolute Gasteiger partial charge is 0.478 e. The van der Waals surface area contributed by atoms with Crippen LogP contribution in [-0.2, 0) is 11.3 Å². The smallest absolute Gasteiger partial charge is 0.335 e. The Hall–Kier alpha value is -2.35. The van der Waals surface area contributed by atoms with E-state index in [-0.39, 0.29) is 18.0 Å². The number of carbonyl (C=O) groups is 2. The highest BCUT2D eigenvalue weighted by Crippen LogP contribution is 2.03. The van der Waals surface area contributed by atoms with Crippen LogP contribution >= 0.6 is 0 Å². The number of nitrogens with one attached hydrogen (secondary N) is 1. The Morgan fingerprint density at radius 1 is 1.31 bits per heavy atom. The van der Waals surface area contributed by atoms with Gasteiger partial charge in [0.25, 0.3) is 12.5 Å². The van der Waals surface area contributed by atoms with E-state index in [4.69, 9.17) is 11.7 Å². The van der Waals surface area contributed by atoms with Gasteiger partial charge in [-0.2, -0.15) is 0 Å². The third-order valence-electron chi connectivity index (χ3n) is 1.91. The summed E-state index contributed by atoms with van der Waals surface area (Å²) in [7, 11) is 0. The summed E-state index contributed by atoms with van der Waals surface area (Å²) in [5.41, 5.74) is 1.000. The summed E-state index contributed by atoms with van der Waals surface area (Å²) in [6, 6.07) is 6.19. The van der Waals surface area contributed by atoms with Gasteiger partial charge in [0.1, 0.15) is 0 Å². The molecule has 2 N–H and O–H groups in total. The Bertz CT molecular complexity index is 432. The van der Waals surface area contributed by atoms with E-state index in [1.165, 1.54) is 12.1 Å². The van der Waals surface area contributed by atoms with E-state index in [1.807, 2.05) is 0 Å². The predicted molar refractivity (Wildman–Crippen MR) is 56.7 cm³/mol. The summed E-state index contributed by atoms with van der Waals surface area (Å²) in [6.45, 7) is 6.60. The lowest BCUT2D eigenvalue weighted by atomic mass is 10.1. The lowest BCUT2D eigenvalue weighted by Gasteiger charge is -2.02. The van der Waals surface area contributed by atoms with E-state index in [0.717, 1.165) is 5.56 Å². The molecule has 0 unspecified atom stereocenters. The number of hydrogen-bond acceptors (Lipinski definition) is 2. The van der Waals surface area contributed by atoms with Gasteiger partial charge in [-0.3, -0.25) is 4.79 Å². The molecule has 0 bridgehead atoms. The van der Waals surface area contributed by atoms with Gasteiger partial charge in [0, 0.05) is 6.54 Å². The zero-order valence-electron chi connectivity index (χ0n) is 8.43. The average molecular weight is 218 g/mol. The molecule has 1 rings (SSSR count). The Kier molecular flexibility index (Phi) is 4.04. The maximum Gasteiger partial charge on any atom is 0.335 e. The summed E-state index contributed by atoms with van der Waals surface area (Å²) in [5.74, 6) is -1.32. The summed E-state index contributed by atoms with van der Waals surface area (Å²) < 4.78 is 0. The van der Waals surface area contributed by atoms with E-state index >= 15 is 0 Å². The molecule has 0 radical (unpaired) electrons. The van der Waals surface area contributed by atoms with Gasteiger partial charge in [0.05, 0.1) is 5.56 Å². The average Bonchev–Trinajstić information content (AvgIpc) is 2.27. The molecule has 82 valence electrons. The first-order valence-corrected chi connectivity index (χ1v) is 4.55. The van der Waals surface area contributed by atoms with Crippen molar-refractivity contribution in [1.29, 1.82) is 0 Å². The minimum Gasteiger partial charge on any atom is -0.478 e. The van der Waals surface area contributed by atoms with E-state index in [2.05, 4.69) is 10.2 Å². The monoisotopic (exact) mass is 218 g/mol. The van der Waals surface area contributed by atoms with Crippen LogP contribution < -0.4 is 5.32 Å². The van der Waals surface area contributed by atoms with Gasteiger partial charge in [-0.15, -0.1) is 0 Å². The van der Waals surface area contributed by atoms with Crippen LogP contribution in [0.3, 0.4) is 0 Å². The van der Waals surface area contributed by atoms with E-state index in [1.54, 1.807) is 12.1 Å². The van der Waals surface area contributed by atoms with Crippen molar-refractivity contribution in [1.82, 2.24) is 5.32 Å². The van der Waals surface area contributed by atoms with Gasteiger partial charge in [0.15, 0.2) is 0 Å². The molecule has 1 aromatic rings. The van der Waals surface area contributed by atoms with Crippen LogP contribution in [0.1, 0.15) is 15.9 Å². The molecular formula is C11H10N2O3. The van der Waals surface area contributed by atoms with E-state index in [0.29, 0.717) is 6.54 Å². The van der Waals surface area contributed by atoms with Crippen LogP contribution in [0, 0.1) is 6.57 Å². The number of amides is 1. The SMILES string of the molecule is [C-]#[N+]CC(=O)NCc1ccc(C(=O)O)cc1. The van der Waals surface area contributed by atoms with Crippen LogP contribution in [0.2, 0.25) is 0 Å². The number of hydrogen-bond donors (Lipinski definition) is 2. The number of aromatic carboxylic acids is 1. The summed E-state index contributed by atoms with van der Waals surface area (Å²) in [6.07, 6.45) is 0. The second-order valence-corrected chi connectivity index (χ2v) is 3.10. The second-order valence-electron chi connectivity index (χ2n) is 3.10. The van der Waals surface area contributed by atoms with Crippen molar-refractivity contribution in [2.24, 2.45) is 0 Å². The number of benzene rings is 1. The maximum absolute atomic E-state index is 11.0. The van der Waals surface area contributed by atoms with Crippen LogP contribution in [0.4, 0.5) is 0 Å². The fourth-order valence-electron chi connectivity index (χ4n) is 1.09. The normalized spacial score (nSPS) is 9.19. The third-order valence-corrected chi connectivity index (χ3v) is 1.91. The molecule has 5 heteroatoms. The van der Waals surface area contributed by atoms with Gasteiger partial charge in [-0.25, -0.2) is 11.4 Å². The van der Waals surface area contributed by atoms with Crippen molar-refractivity contribution < 1.29 is 14.7 Å². The number of rotatable bonds is 4. The zero-order valence-corrected chi connectivity index (χ0v) is 8.43. The van der Waals surface area contributed by atoms with E-state index < -0.39 is 5.97 Å². The van der Waals surface area contributed by atoms with Gasteiger partial charge < -0.3 is 15.3 Å². The Morgan fingerprint density at radius 2 is 1.94 bits per heavy atom.